The number of carbonyl (C=O) groups excluding carboxylic acids is 3. The molecule has 9 heteroatoms. The smallest absolute Gasteiger partial charge is 0.326 e. The van der Waals surface area contributed by atoms with E-state index in [9.17, 15) is 29.4 Å². The van der Waals surface area contributed by atoms with E-state index in [1.54, 1.807) is 12.1 Å². The standard InChI is InChI=1S/C25H28N2O6S/c1-15-3-7-18(8-4-15)20-11-12-21(25(32)33)27(20)23(30)14-26-24(31)22(34-16(2)28)13-17-5-9-19(29)10-6-17/h3-10,20-22,29H,11-14H2,1-2H3,(H,26,31)(H,32,33). The second-order valence-electron chi connectivity index (χ2n) is 8.35. The van der Waals surface area contributed by atoms with Crippen LogP contribution in [-0.2, 0) is 25.6 Å². The van der Waals surface area contributed by atoms with Crippen molar-refractivity contribution < 1.29 is 29.4 Å². The summed E-state index contributed by atoms with van der Waals surface area (Å²) in [5.41, 5.74) is 2.67. The van der Waals surface area contributed by atoms with Gasteiger partial charge in [-0.15, -0.1) is 0 Å². The minimum absolute atomic E-state index is 0.0938. The van der Waals surface area contributed by atoms with Gasteiger partial charge in [0.05, 0.1) is 17.8 Å². The Labute approximate surface area is 202 Å². The Morgan fingerprint density at radius 1 is 1.06 bits per heavy atom. The first-order chi connectivity index (χ1) is 16.2. The molecule has 3 unspecified atom stereocenters. The quantitative estimate of drug-likeness (QED) is 0.526. The molecule has 0 saturated carbocycles. The summed E-state index contributed by atoms with van der Waals surface area (Å²) >= 11 is 0.862. The molecule has 1 heterocycles. The largest absolute Gasteiger partial charge is 0.508 e. The molecule has 0 aliphatic carbocycles. The molecule has 0 spiro atoms. The third-order valence-electron chi connectivity index (χ3n) is 5.79. The molecular formula is C25H28N2O6S. The van der Waals surface area contributed by atoms with Crippen LogP contribution < -0.4 is 5.32 Å². The van der Waals surface area contributed by atoms with Crippen LogP contribution in [0.5, 0.6) is 5.75 Å². The molecule has 34 heavy (non-hydrogen) atoms. The summed E-state index contributed by atoms with van der Waals surface area (Å²) in [7, 11) is 0. The Bertz CT molecular complexity index is 1050. The molecule has 3 rings (SSSR count). The van der Waals surface area contributed by atoms with E-state index < -0.39 is 29.1 Å². The lowest BCUT2D eigenvalue weighted by molar-refractivity contribution is -0.149. The number of carboxylic acids is 1. The summed E-state index contributed by atoms with van der Waals surface area (Å²) in [6.45, 7) is 2.95. The number of amides is 2. The zero-order valence-electron chi connectivity index (χ0n) is 19.1. The molecule has 180 valence electrons. The van der Waals surface area contributed by atoms with E-state index in [4.69, 9.17) is 0 Å². The van der Waals surface area contributed by atoms with Gasteiger partial charge in [-0.2, -0.15) is 0 Å². The fourth-order valence-electron chi connectivity index (χ4n) is 4.12. The van der Waals surface area contributed by atoms with E-state index in [2.05, 4.69) is 5.32 Å². The maximum absolute atomic E-state index is 13.1. The van der Waals surface area contributed by atoms with Crippen molar-refractivity contribution in [3.05, 3.63) is 65.2 Å². The molecule has 1 saturated heterocycles. The molecule has 3 N–H and O–H groups in total. The van der Waals surface area contributed by atoms with Crippen molar-refractivity contribution >= 4 is 34.7 Å². The fraction of sp³-hybridized carbons (Fsp3) is 0.360. The van der Waals surface area contributed by atoms with E-state index in [1.807, 2.05) is 31.2 Å². The molecule has 1 fully saturated rings. The summed E-state index contributed by atoms with van der Waals surface area (Å²) in [6, 6.07) is 12.6. The average molecular weight is 485 g/mol. The third-order valence-corrected chi connectivity index (χ3v) is 6.79. The lowest BCUT2D eigenvalue weighted by Gasteiger charge is -2.29. The van der Waals surface area contributed by atoms with Crippen molar-refractivity contribution in [3.63, 3.8) is 0 Å². The Kier molecular flexibility index (Phi) is 8.33. The summed E-state index contributed by atoms with van der Waals surface area (Å²) in [4.78, 5) is 50.8. The van der Waals surface area contributed by atoms with Crippen LogP contribution >= 0.6 is 11.8 Å². The number of likely N-dealkylation sites (tertiary alicyclic amines) is 1. The molecule has 0 radical (unpaired) electrons. The van der Waals surface area contributed by atoms with Gasteiger partial charge in [-0.3, -0.25) is 14.4 Å². The Balaban J connectivity index is 1.71. The lowest BCUT2D eigenvalue weighted by Crippen LogP contribution is -2.47. The molecule has 2 amide bonds. The number of nitrogens with zero attached hydrogens (tertiary/aromatic N) is 1. The van der Waals surface area contributed by atoms with Gasteiger partial charge in [0, 0.05) is 6.92 Å². The van der Waals surface area contributed by atoms with Crippen molar-refractivity contribution in [1.29, 1.82) is 0 Å². The second-order valence-corrected chi connectivity index (χ2v) is 9.72. The first-order valence-corrected chi connectivity index (χ1v) is 11.9. The molecule has 1 aliphatic heterocycles. The summed E-state index contributed by atoms with van der Waals surface area (Å²) in [5, 5.41) is 20.7. The highest BCUT2D eigenvalue weighted by Crippen LogP contribution is 2.36. The number of phenols is 1. The zero-order chi connectivity index (χ0) is 24.8. The molecule has 8 nitrogen and oxygen atoms in total. The number of aryl methyl sites for hydroxylation is 1. The molecule has 0 bridgehead atoms. The van der Waals surface area contributed by atoms with Gasteiger partial charge in [0.2, 0.25) is 11.8 Å². The van der Waals surface area contributed by atoms with Crippen LogP contribution in [0.15, 0.2) is 48.5 Å². The Hall–Kier alpha value is -3.33. The SMILES string of the molecule is CC(=O)SC(Cc1ccc(O)cc1)C(=O)NCC(=O)N1C(C(=O)O)CCC1c1ccc(C)cc1. The van der Waals surface area contributed by atoms with Crippen LogP contribution in [0.4, 0.5) is 0 Å². The van der Waals surface area contributed by atoms with E-state index in [1.165, 1.54) is 24.0 Å². The Morgan fingerprint density at radius 3 is 2.29 bits per heavy atom. The van der Waals surface area contributed by atoms with Crippen LogP contribution in [0.1, 0.15) is 42.5 Å². The predicted molar refractivity (Wildman–Crippen MR) is 128 cm³/mol. The van der Waals surface area contributed by atoms with Crippen molar-refractivity contribution in [3.8, 4) is 5.75 Å². The normalized spacial score (nSPS) is 18.4. The molecule has 2 aromatic carbocycles. The number of aromatic hydroxyl groups is 1. The number of benzene rings is 2. The van der Waals surface area contributed by atoms with Gasteiger partial charge in [0.1, 0.15) is 11.8 Å². The Morgan fingerprint density at radius 2 is 1.71 bits per heavy atom. The minimum Gasteiger partial charge on any atom is -0.508 e. The number of rotatable bonds is 8. The van der Waals surface area contributed by atoms with Gasteiger partial charge in [-0.05, 0) is 49.4 Å². The number of phenolic OH excluding ortho intramolecular Hbond substituents is 1. The molecule has 1 aliphatic rings. The lowest BCUT2D eigenvalue weighted by atomic mass is 10.0. The van der Waals surface area contributed by atoms with E-state index >= 15 is 0 Å². The van der Waals surface area contributed by atoms with Crippen LogP contribution in [0, 0.1) is 6.92 Å². The van der Waals surface area contributed by atoms with Crippen LogP contribution in [-0.4, -0.2) is 55.8 Å². The first kappa shape index (κ1) is 25.3. The second kappa shape index (κ2) is 11.2. The predicted octanol–water partition coefficient (Wildman–Crippen LogP) is 2.82. The summed E-state index contributed by atoms with van der Waals surface area (Å²) in [5.74, 6) is -1.96. The minimum atomic E-state index is -1.08. The number of hydrogen-bond acceptors (Lipinski definition) is 6. The number of carboxylic acid groups (broad SMARTS) is 1. The van der Waals surface area contributed by atoms with Gasteiger partial charge >= 0.3 is 5.97 Å². The van der Waals surface area contributed by atoms with Crippen molar-refractivity contribution in [2.75, 3.05) is 6.54 Å². The van der Waals surface area contributed by atoms with Gasteiger partial charge in [0.25, 0.3) is 0 Å². The van der Waals surface area contributed by atoms with Gasteiger partial charge < -0.3 is 20.4 Å². The number of hydrogen-bond donors (Lipinski definition) is 3. The fourth-order valence-corrected chi connectivity index (χ4v) is 4.99. The zero-order valence-corrected chi connectivity index (χ0v) is 19.9. The highest BCUT2D eigenvalue weighted by atomic mass is 32.2. The van der Waals surface area contributed by atoms with Crippen molar-refractivity contribution in [1.82, 2.24) is 10.2 Å². The number of carbonyl (C=O) groups is 4. The average Bonchev–Trinajstić information content (AvgIpc) is 3.24. The molecule has 0 aromatic heterocycles. The highest BCUT2D eigenvalue weighted by Gasteiger charge is 2.41. The van der Waals surface area contributed by atoms with Crippen LogP contribution in [0.25, 0.3) is 0 Å². The van der Waals surface area contributed by atoms with Crippen LogP contribution in [0.3, 0.4) is 0 Å². The monoisotopic (exact) mass is 484 g/mol. The number of thioether (sulfide) groups is 1. The topological polar surface area (TPSA) is 124 Å². The van der Waals surface area contributed by atoms with Gasteiger partial charge in [-0.25, -0.2) is 4.79 Å². The highest BCUT2D eigenvalue weighted by molar-refractivity contribution is 8.14. The van der Waals surface area contributed by atoms with Crippen LogP contribution in [0.2, 0.25) is 0 Å². The van der Waals surface area contributed by atoms with E-state index in [0.29, 0.717) is 12.8 Å². The molecular weight excluding hydrogens is 456 g/mol. The third kappa shape index (κ3) is 6.38. The molecule has 3 atom stereocenters. The summed E-state index contributed by atoms with van der Waals surface area (Å²) < 4.78 is 0. The maximum Gasteiger partial charge on any atom is 0.326 e. The van der Waals surface area contributed by atoms with E-state index in [0.717, 1.165) is 28.5 Å². The number of aliphatic carboxylic acids is 1. The van der Waals surface area contributed by atoms with Crippen molar-refractivity contribution in [2.45, 2.75) is 50.4 Å². The van der Waals surface area contributed by atoms with Gasteiger partial charge in [0.15, 0.2) is 5.12 Å². The van der Waals surface area contributed by atoms with Crippen molar-refractivity contribution in [2.24, 2.45) is 0 Å². The number of nitrogens with one attached hydrogen (secondary N) is 1. The summed E-state index contributed by atoms with van der Waals surface area (Å²) in [6.07, 6.45) is 1.08. The maximum atomic E-state index is 13.1. The van der Waals surface area contributed by atoms with E-state index in [-0.39, 0.29) is 29.9 Å². The molecule has 2 aromatic rings. The van der Waals surface area contributed by atoms with Gasteiger partial charge in [-0.1, -0.05) is 53.7 Å². The first-order valence-electron chi connectivity index (χ1n) is 11.0.